The summed E-state index contributed by atoms with van der Waals surface area (Å²) >= 11 is 0. The number of nitrogens with zero attached hydrogens (tertiary/aromatic N) is 1. The van der Waals surface area contributed by atoms with Gasteiger partial charge in [-0.3, -0.25) is 0 Å². The maximum Gasteiger partial charge on any atom is 0.123 e. The van der Waals surface area contributed by atoms with Gasteiger partial charge in [0.05, 0.1) is 19.1 Å². The summed E-state index contributed by atoms with van der Waals surface area (Å²) in [6.07, 6.45) is 3.42. The van der Waals surface area contributed by atoms with E-state index in [9.17, 15) is 0 Å². The maximum absolute atomic E-state index is 5.88. The molecule has 0 radical (unpaired) electrons. The first-order chi connectivity index (χ1) is 8.69. The van der Waals surface area contributed by atoms with E-state index in [0.717, 1.165) is 23.5 Å². The second-order valence-corrected chi connectivity index (χ2v) is 4.18. The minimum Gasteiger partial charge on any atom is -0.494 e. The van der Waals surface area contributed by atoms with Gasteiger partial charge in [0.2, 0.25) is 0 Å². The number of anilines is 2. The van der Waals surface area contributed by atoms with Gasteiger partial charge in [0.25, 0.3) is 0 Å². The Labute approximate surface area is 107 Å². The highest BCUT2D eigenvalue weighted by Gasteiger charge is 2.06. The van der Waals surface area contributed by atoms with E-state index in [1.807, 2.05) is 38.2 Å². The summed E-state index contributed by atoms with van der Waals surface area (Å²) in [5, 5.41) is 0. The van der Waals surface area contributed by atoms with Crippen LogP contribution in [0.3, 0.4) is 0 Å². The molecular formula is C14H18N2O2. The van der Waals surface area contributed by atoms with Gasteiger partial charge in [-0.1, -0.05) is 0 Å². The molecule has 0 spiro atoms. The summed E-state index contributed by atoms with van der Waals surface area (Å²) in [6, 6.07) is 7.70. The van der Waals surface area contributed by atoms with Crippen molar-refractivity contribution < 1.29 is 9.15 Å². The van der Waals surface area contributed by atoms with Crippen molar-refractivity contribution in [2.24, 2.45) is 0 Å². The molecule has 0 unspecified atom stereocenters. The zero-order chi connectivity index (χ0) is 13.0. The molecule has 2 rings (SSSR count). The predicted octanol–water partition coefficient (Wildman–Crippen LogP) is 2.90. The maximum atomic E-state index is 5.88. The summed E-state index contributed by atoms with van der Waals surface area (Å²) in [7, 11) is 2.01. The molecule has 0 fully saturated rings. The molecule has 96 valence electrons. The number of nitrogens with two attached hydrogens (primary N) is 1. The van der Waals surface area contributed by atoms with Crippen molar-refractivity contribution in [2.75, 3.05) is 24.3 Å². The summed E-state index contributed by atoms with van der Waals surface area (Å²) in [5.41, 5.74) is 8.73. The Morgan fingerprint density at radius 3 is 2.83 bits per heavy atom. The monoisotopic (exact) mass is 246 g/mol. The number of benzene rings is 1. The van der Waals surface area contributed by atoms with E-state index in [2.05, 4.69) is 4.90 Å². The van der Waals surface area contributed by atoms with Gasteiger partial charge < -0.3 is 19.8 Å². The van der Waals surface area contributed by atoms with Gasteiger partial charge in [-0.25, -0.2) is 0 Å². The van der Waals surface area contributed by atoms with E-state index in [4.69, 9.17) is 14.9 Å². The highest BCUT2D eigenvalue weighted by molar-refractivity contribution is 5.60. The van der Waals surface area contributed by atoms with Crippen LogP contribution in [0.2, 0.25) is 0 Å². The van der Waals surface area contributed by atoms with Crippen molar-refractivity contribution >= 4 is 11.4 Å². The molecule has 1 heterocycles. The molecule has 2 aromatic rings. The SMILES string of the molecule is CCOc1cc(N)cc(N(C)Cc2ccoc2)c1. The molecule has 0 bridgehead atoms. The van der Waals surface area contributed by atoms with Crippen LogP contribution < -0.4 is 15.4 Å². The van der Waals surface area contributed by atoms with Crippen molar-refractivity contribution in [2.45, 2.75) is 13.5 Å². The van der Waals surface area contributed by atoms with Gasteiger partial charge in [0.1, 0.15) is 5.75 Å². The molecule has 1 aromatic heterocycles. The van der Waals surface area contributed by atoms with E-state index in [-0.39, 0.29) is 0 Å². The van der Waals surface area contributed by atoms with E-state index in [1.54, 1.807) is 12.5 Å². The van der Waals surface area contributed by atoms with E-state index in [1.165, 1.54) is 0 Å². The predicted molar refractivity (Wildman–Crippen MR) is 72.8 cm³/mol. The Morgan fingerprint density at radius 2 is 2.17 bits per heavy atom. The molecule has 0 saturated carbocycles. The third-order valence-corrected chi connectivity index (χ3v) is 2.67. The quantitative estimate of drug-likeness (QED) is 0.824. The minimum absolute atomic E-state index is 0.633. The molecule has 0 amide bonds. The summed E-state index contributed by atoms with van der Waals surface area (Å²) in [4.78, 5) is 2.10. The average molecular weight is 246 g/mol. The normalized spacial score (nSPS) is 10.3. The molecule has 2 N–H and O–H groups in total. The van der Waals surface area contributed by atoms with Crippen molar-refractivity contribution in [3.63, 3.8) is 0 Å². The average Bonchev–Trinajstić information content (AvgIpc) is 2.81. The van der Waals surface area contributed by atoms with Crippen molar-refractivity contribution in [3.8, 4) is 5.75 Å². The van der Waals surface area contributed by atoms with Gasteiger partial charge in [-0.15, -0.1) is 0 Å². The summed E-state index contributed by atoms with van der Waals surface area (Å²) in [5.74, 6) is 0.798. The van der Waals surface area contributed by atoms with E-state index >= 15 is 0 Å². The first-order valence-electron chi connectivity index (χ1n) is 5.94. The lowest BCUT2D eigenvalue weighted by molar-refractivity contribution is 0.340. The van der Waals surface area contributed by atoms with E-state index < -0.39 is 0 Å². The second kappa shape index (κ2) is 5.49. The molecule has 0 aliphatic carbocycles. The zero-order valence-electron chi connectivity index (χ0n) is 10.7. The van der Waals surface area contributed by atoms with Gasteiger partial charge in [-0.05, 0) is 19.1 Å². The highest BCUT2D eigenvalue weighted by atomic mass is 16.5. The van der Waals surface area contributed by atoms with Crippen LogP contribution in [0.15, 0.2) is 41.2 Å². The third-order valence-electron chi connectivity index (χ3n) is 2.67. The fraction of sp³-hybridized carbons (Fsp3) is 0.286. The van der Waals surface area contributed by atoms with Crippen LogP contribution in [0, 0.1) is 0 Å². The molecule has 0 atom stereocenters. The van der Waals surface area contributed by atoms with Crippen molar-refractivity contribution in [3.05, 3.63) is 42.4 Å². The Morgan fingerprint density at radius 1 is 1.33 bits per heavy atom. The van der Waals surface area contributed by atoms with Gasteiger partial charge in [-0.2, -0.15) is 0 Å². The molecule has 0 aliphatic heterocycles. The number of nitrogen functional groups attached to an aromatic ring is 1. The Bertz CT molecular complexity index is 495. The molecule has 0 saturated heterocycles. The van der Waals surface area contributed by atoms with E-state index in [0.29, 0.717) is 12.3 Å². The number of hydrogen-bond donors (Lipinski definition) is 1. The summed E-state index contributed by atoms with van der Waals surface area (Å²) in [6.45, 7) is 3.36. The molecule has 18 heavy (non-hydrogen) atoms. The Hall–Kier alpha value is -2.10. The first-order valence-corrected chi connectivity index (χ1v) is 5.94. The van der Waals surface area contributed by atoms with Crippen LogP contribution in [0.1, 0.15) is 12.5 Å². The lowest BCUT2D eigenvalue weighted by Gasteiger charge is -2.20. The topological polar surface area (TPSA) is 51.6 Å². The summed E-state index contributed by atoms with van der Waals surface area (Å²) < 4.78 is 10.5. The second-order valence-electron chi connectivity index (χ2n) is 4.18. The van der Waals surface area contributed by atoms with Crippen molar-refractivity contribution in [1.82, 2.24) is 0 Å². The fourth-order valence-electron chi connectivity index (χ4n) is 1.82. The van der Waals surface area contributed by atoms with Crippen LogP contribution in [0.5, 0.6) is 5.75 Å². The highest BCUT2D eigenvalue weighted by Crippen LogP contribution is 2.26. The van der Waals surface area contributed by atoms with Crippen LogP contribution in [-0.4, -0.2) is 13.7 Å². The van der Waals surface area contributed by atoms with Gasteiger partial charge in [0, 0.05) is 42.7 Å². The smallest absolute Gasteiger partial charge is 0.123 e. The Balaban J connectivity index is 2.16. The fourth-order valence-corrected chi connectivity index (χ4v) is 1.82. The van der Waals surface area contributed by atoms with Gasteiger partial charge in [0.15, 0.2) is 0 Å². The zero-order valence-corrected chi connectivity index (χ0v) is 10.7. The van der Waals surface area contributed by atoms with Crippen molar-refractivity contribution in [1.29, 1.82) is 0 Å². The number of rotatable bonds is 5. The standard InChI is InChI=1S/C14H18N2O2/c1-3-18-14-7-12(15)6-13(8-14)16(2)9-11-4-5-17-10-11/h4-8,10H,3,9,15H2,1-2H3. The molecular weight excluding hydrogens is 228 g/mol. The molecule has 1 aromatic carbocycles. The largest absolute Gasteiger partial charge is 0.494 e. The molecule has 4 nitrogen and oxygen atoms in total. The molecule has 0 aliphatic rings. The van der Waals surface area contributed by atoms with Crippen LogP contribution in [-0.2, 0) is 6.54 Å². The number of furan rings is 1. The van der Waals surface area contributed by atoms with Gasteiger partial charge >= 0.3 is 0 Å². The minimum atomic E-state index is 0.633. The molecule has 4 heteroatoms. The first kappa shape index (κ1) is 12.4. The Kier molecular flexibility index (Phi) is 3.77. The lowest BCUT2D eigenvalue weighted by Crippen LogP contribution is -2.16. The van der Waals surface area contributed by atoms with Crippen LogP contribution in [0.25, 0.3) is 0 Å². The number of ether oxygens (including phenoxy) is 1. The van der Waals surface area contributed by atoms with Crippen LogP contribution in [0.4, 0.5) is 11.4 Å². The third kappa shape index (κ3) is 2.97. The number of hydrogen-bond acceptors (Lipinski definition) is 4. The lowest BCUT2D eigenvalue weighted by atomic mass is 10.2. The van der Waals surface area contributed by atoms with Crippen LogP contribution >= 0.6 is 0 Å².